The highest BCUT2D eigenvalue weighted by Gasteiger charge is 2.33. The molecule has 1 amide bonds. The monoisotopic (exact) mass is 292 g/mol. The second-order valence-electron chi connectivity index (χ2n) is 5.73. The van der Waals surface area contributed by atoms with Gasteiger partial charge in [-0.1, -0.05) is 5.16 Å². The van der Waals surface area contributed by atoms with Crippen LogP contribution in [0.5, 0.6) is 0 Å². The predicted octanol–water partition coefficient (Wildman–Crippen LogP) is 1.97. The lowest BCUT2D eigenvalue weighted by atomic mass is 9.98. The molecule has 0 radical (unpaired) electrons. The first-order chi connectivity index (χ1) is 10.2. The molecule has 21 heavy (non-hydrogen) atoms. The van der Waals surface area contributed by atoms with E-state index in [2.05, 4.69) is 5.16 Å². The van der Waals surface area contributed by atoms with Gasteiger partial charge in [0.2, 0.25) is 0 Å². The van der Waals surface area contributed by atoms with E-state index in [0.29, 0.717) is 31.3 Å². The molecule has 1 saturated heterocycles. The molecule has 1 aliphatic heterocycles. The third kappa shape index (κ3) is 3.09. The van der Waals surface area contributed by atoms with Crippen molar-refractivity contribution in [2.24, 2.45) is 5.92 Å². The number of amides is 1. The third-order valence-corrected chi connectivity index (χ3v) is 4.06. The fourth-order valence-electron chi connectivity index (χ4n) is 2.73. The van der Waals surface area contributed by atoms with Crippen LogP contribution in [0.3, 0.4) is 0 Å². The Morgan fingerprint density at radius 2 is 2.24 bits per heavy atom. The maximum absolute atomic E-state index is 12.4. The first kappa shape index (κ1) is 14.1. The number of nitrogens with zero attached hydrogens (tertiary/aromatic N) is 2. The van der Waals surface area contributed by atoms with E-state index in [1.807, 2.05) is 0 Å². The normalized spacial score (nSPS) is 22.1. The number of hydrogen-bond donors (Lipinski definition) is 0. The molecule has 6 nitrogen and oxygen atoms in total. The van der Waals surface area contributed by atoms with Crippen molar-refractivity contribution in [3.8, 4) is 0 Å². The summed E-state index contributed by atoms with van der Waals surface area (Å²) in [7, 11) is 0. The number of rotatable bonds is 4. The van der Waals surface area contributed by atoms with E-state index in [1.54, 1.807) is 17.9 Å². The van der Waals surface area contributed by atoms with Crippen LogP contribution in [0, 0.1) is 5.92 Å². The summed E-state index contributed by atoms with van der Waals surface area (Å²) in [4.78, 5) is 25.9. The molecule has 1 aromatic heterocycles. The van der Waals surface area contributed by atoms with E-state index in [9.17, 15) is 9.59 Å². The minimum Gasteiger partial charge on any atom is -0.466 e. The minimum absolute atomic E-state index is 0.153. The molecule has 1 unspecified atom stereocenters. The molecule has 114 valence electrons. The summed E-state index contributed by atoms with van der Waals surface area (Å²) in [5, 5.41) is 3.88. The van der Waals surface area contributed by atoms with Crippen molar-refractivity contribution in [3.05, 3.63) is 17.5 Å². The van der Waals surface area contributed by atoms with Crippen LogP contribution in [0.25, 0.3) is 0 Å². The Hall–Kier alpha value is -1.85. The van der Waals surface area contributed by atoms with Crippen LogP contribution in [0.15, 0.2) is 10.6 Å². The van der Waals surface area contributed by atoms with E-state index in [4.69, 9.17) is 9.26 Å². The van der Waals surface area contributed by atoms with Gasteiger partial charge in [-0.2, -0.15) is 0 Å². The number of piperidine rings is 1. The van der Waals surface area contributed by atoms with Crippen LogP contribution in [0.1, 0.15) is 54.8 Å². The zero-order valence-electron chi connectivity index (χ0n) is 12.2. The third-order valence-electron chi connectivity index (χ3n) is 4.06. The molecule has 1 aromatic rings. The first-order valence-electron chi connectivity index (χ1n) is 7.61. The molecule has 0 spiro atoms. The second kappa shape index (κ2) is 5.87. The van der Waals surface area contributed by atoms with Crippen molar-refractivity contribution in [1.29, 1.82) is 0 Å². The van der Waals surface area contributed by atoms with Crippen molar-refractivity contribution >= 4 is 11.9 Å². The summed E-state index contributed by atoms with van der Waals surface area (Å²) in [5.74, 6) is 0.649. The Balaban J connectivity index is 1.64. The number of hydrogen-bond acceptors (Lipinski definition) is 5. The molecular formula is C15H20N2O4. The van der Waals surface area contributed by atoms with Crippen LogP contribution in [0.4, 0.5) is 0 Å². The Bertz CT molecular complexity index is 536. The summed E-state index contributed by atoms with van der Waals surface area (Å²) >= 11 is 0. The molecular weight excluding hydrogens is 272 g/mol. The highest BCUT2D eigenvalue weighted by molar-refractivity contribution is 5.92. The molecule has 2 aliphatic rings. The van der Waals surface area contributed by atoms with Crippen LogP contribution in [-0.2, 0) is 9.53 Å². The Morgan fingerprint density at radius 1 is 1.43 bits per heavy atom. The van der Waals surface area contributed by atoms with Crippen LogP contribution >= 0.6 is 0 Å². The maximum Gasteiger partial charge on any atom is 0.310 e. The average Bonchev–Trinajstić information content (AvgIpc) is 3.24. The molecule has 3 rings (SSSR count). The number of carbonyl (C=O) groups excluding carboxylic acids is 2. The lowest BCUT2D eigenvalue weighted by Gasteiger charge is -2.30. The molecule has 1 saturated carbocycles. The minimum atomic E-state index is -0.225. The molecule has 0 bridgehead atoms. The van der Waals surface area contributed by atoms with E-state index >= 15 is 0 Å². The number of likely N-dealkylation sites (tertiary alicyclic amines) is 1. The van der Waals surface area contributed by atoms with Crippen molar-refractivity contribution < 1.29 is 18.8 Å². The van der Waals surface area contributed by atoms with Gasteiger partial charge in [-0.25, -0.2) is 0 Å². The van der Waals surface area contributed by atoms with Gasteiger partial charge >= 0.3 is 5.97 Å². The van der Waals surface area contributed by atoms with Gasteiger partial charge < -0.3 is 14.2 Å². The van der Waals surface area contributed by atoms with Crippen molar-refractivity contribution in [3.63, 3.8) is 0 Å². The van der Waals surface area contributed by atoms with Gasteiger partial charge in [-0.15, -0.1) is 0 Å². The van der Waals surface area contributed by atoms with E-state index < -0.39 is 0 Å². The summed E-state index contributed by atoms with van der Waals surface area (Å²) in [6, 6.07) is 1.74. The Morgan fingerprint density at radius 3 is 2.95 bits per heavy atom. The number of esters is 1. The van der Waals surface area contributed by atoms with Crippen molar-refractivity contribution in [2.75, 3.05) is 19.7 Å². The van der Waals surface area contributed by atoms with Crippen molar-refractivity contribution in [2.45, 2.75) is 38.5 Å². The predicted molar refractivity (Wildman–Crippen MR) is 73.7 cm³/mol. The SMILES string of the molecule is CCOC(=O)C1CCCN(C(=O)c2cc(C3CC3)on2)C1. The largest absolute Gasteiger partial charge is 0.466 e. The number of carbonyl (C=O) groups is 2. The highest BCUT2D eigenvalue weighted by Crippen LogP contribution is 2.40. The smallest absolute Gasteiger partial charge is 0.310 e. The molecule has 0 N–H and O–H groups in total. The molecule has 2 fully saturated rings. The molecule has 0 aromatic carbocycles. The summed E-state index contributed by atoms with van der Waals surface area (Å²) in [5.41, 5.74) is 0.349. The van der Waals surface area contributed by atoms with Crippen LogP contribution in [0.2, 0.25) is 0 Å². The number of aromatic nitrogens is 1. The van der Waals surface area contributed by atoms with Gasteiger partial charge in [0.1, 0.15) is 5.76 Å². The zero-order valence-corrected chi connectivity index (χ0v) is 12.2. The fraction of sp³-hybridized carbons (Fsp3) is 0.667. The van der Waals surface area contributed by atoms with Crippen LogP contribution in [-0.4, -0.2) is 41.6 Å². The lowest BCUT2D eigenvalue weighted by molar-refractivity contribution is -0.149. The highest BCUT2D eigenvalue weighted by atomic mass is 16.5. The summed E-state index contributed by atoms with van der Waals surface area (Å²) in [6.07, 6.45) is 3.80. The van der Waals surface area contributed by atoms with Crippen LogP contribution < -0.4 is 0 Å². The van der Waals surface area contributed by atoms with Gasteiger partial charge in [-0.3, -0.25) is 9.59 Å². The molecule has 6 heteroatoms. The molecule has 1 aliphatic carbocycles. The lowest BCUT2D eigenvalue weighted by Crippen LogP contribution is -2.42. The average molecular weight is 292 g/mol. The standard InChI is InChI=1S/C15H20N2O4/c1-2-20-15(19)11-4-3-7-17(9-11)14(18)12-8-13(21-16-12)10-5-6-10/h8,10-11H,2-7,9H2,1H3. The number of ether oxygens (including phenoxy) is 1. The molecule has 1 atom stereocenters. The van der Waals surface area contributed by atoms with E-state index in [1.165, 1.54) is 0 Å². The maximum atomic E-state index is 12.4. The summed E-state index contributed by atoms with van der Waals surface area (Å²) < 4.78 is 10.3. The Kier molecular flexibility index (Phi) is 3.94. The topological polar surface area (TPSA) is 72.6 Å². The Labute approximate surface area is 123 Å². The zero-order chi connectivity index (χ0) is 14.8. The van der Waals surface area contributed by atoms with Gasteiger partial charge in [0.25, 0.3) is 5.91 Å². The first-order valence-corrected chi connectivity index (χ1v) is 7.61. The van der Waals surface area contributed by atoms with E-state index in [-0.39, 0.29) is 17.8 Å². The quantitative estimate of drug-likeness (QED) is 0.793. The van der Waals surface area contributed by atoms with Gasteiger partial charge in [-0.05, 0) is 32.6 Å². The fourth-order valence-corrected chi connectivity index (χ4v) is 2.73. The van der Waals surface area contributed by atoms with Gasteiger partial charge in [0.15, 0.2) is 5.69 Å². The van der Waals surface area contributed by atoms with Gasteiger partial charge in [0, 0.05) is 25.1 Å². The van der Waals surface area contributed by atoms with Crippen molar-refractivity contribution in [1.82, 2.24) is 10.1 Å². The summed E-state index contributed by atoms with van der Waals surface area (Å²) in [6.45, 7) is 3.22. The molecule has 2 heterocycles. The van der Waals surface area contributed by atoms with Gasteiger partial charge in [0.05, 0.1) is 12.5 Å². The second-order valence-corrected chi connectivity index (χ2v) is 5.73. The van der Waals surface area contributed by atoms with E-state index in [0.717, 1.165) is 31.4 Å².